The van der Waals surface area contributed by atoms with Crippen LogP contribution >= 0.6 is 0 Å². The second-order valence-corrected chi connectivity index (χ2v) is 6.54. The molecule has 2 aromatic rings. The van der Waals surface area contributed by atoms with Crippen LogP contribution in [0, 0.1) is 13.8 Å². The molecule has 1 atom stereocenters. The molecule has 0 bridgehead atoms. The third-order valence-electron chi connectivity index (χ3n) is 3.12. The van der Waals surface area contributed by atoms with Crippen molar-refractivity contribution in [1.82, 2.24) is 0 Å². The maximum atomic E-state index is 12.6. The van der Waals surface area contributed by atoms with Crippen LogP contribution < -0.4 is 10.5 Å². The predicted octanol–water partition coefficient (Wildman–Crippen LogP) is 3.59. The molecule has 0 saturated carbocycles. The van der Waals surface area contributed by atoms with Crippen molar-refractivity contribution in [3.63, 3.8) is 0 Å². The maximum absolute atomic E-state index is 12.6. The Kier molecular flexibility index (Phi) is 5.02. The van der Waals surface area contributed by atoms with E-state index < -0.39 is 10.8 Å². The van der Waals surface area contributed by atoms with Crippen LogP contribution in [0.3, 0.4) is 0 Å². The fourth-order valence-electron chi connectivity index (χ4n) is 2.35. The Balaban J connectivity index is 2.25. The molecule has 0 aliphatic carbocycles. The number of anilines is 1. The van der Waals surface area contributed by atoms with Gasteiger partial charge < -0.3 is 10.5 Å². The Labute approximate surface area is 128 Å². The third-order valence-corrected chi connectivity index (χ3v) is 4.56. The van der Waals surface area contributed by atoms with Gasteiger partial charge in [-0.15, -0.1) is 0 Å². The van der Waals surface area contributed by atoms with Crippen molar-refractivity contribution in [2.75, 3.05) is 12.3 Å². The highest BCUT2D eigenvalue weighted by Gasteiger charge is 2.11. The van der Waals surface area contributed by atoms with Crippen molar-refractivity contribution >= 4 is 16.5 Å². The number of ether oxygens (including phenoxy) is 1. The van der Waals surface area contributed by atoms with E-state index in [1.54, 1.807) is 18.2 Å². The summed E-state index contributed by atoms with van der Waals surface area (Å²) in [5.41, 5.74) is 9.91. The first-order valence-electron chi connectivity index (χ1n) is 6.97. The molecule has 0 aliphatic heterocycles. The van der Waals surface area contributed by atoms with Crippen molar-refractivity contribution in [3.8, 4) is 5.75 Å². The molecule has 0 heterocycles. The summed E-state index contributed by atoms with van der Waals surface area (Å²) >= 11 is 0. The molecule has 0 amide bonds. The van der Waals surface area contributed by atoms with Gasteiger partial charge in [0.05, 0.1) is 28.1 Å². The SMILES string of the molecule is CCOc1ccc(N)c(S(=O)Cc2cc(C)cc(C)c2)c1. The van der Waals surface area contributed by atoms with E-state index in [2.05, 4.69) is 18.2 Å². The lowest BCUT2D eigenvalue weighted by Gasteiger charge is -2.10. The van der Waals surface area contributed by atoms with Crippen LogP contribution in [0.5, 0.6) is 5.75 Å². The van der Waals surface area contributed by atoms with Crippen LogP contribution in [-0.4, -0.2) is 10.8 Å². The highest BCUT2D eigenvalue weighted by molar-refractivity contribution is 7.84. The van der Waals surface area contributed by atoms with Gasteiger partial charge in [0.25, 0.3) is 0 Å². The first-order chi connectivity index (χ1) is 9.99. The quantitative estimate of drug-likeness (QED) is 0.859. The number of nitrogens with two attached hydrogens (primary N) is 1. The number of hydrogen-bond acceptors (Lipinski definition) is 3. The van der Waals surface area contributed by atoms with Crippen LogP contribution in [0.2, 0.25) is 0 Å². The zero-order valence-electron chi connectivity index (χ0n) is 12.7. The van der Waals surface area contributed by atoms with Crippen LogP contribution in [0.15, 0.2) is 41.3 Å². The number of rotatable bonds is 5. The molecule has 2 aromatic carbocycles. The minimum Gasteiger partial charge on any atom is -0.494 e. The van der Waals surface area contributed by atoms with Crippen LogP contribution in [-0.2, 0) is 16.6 Å². The van der Waals surface area contributed by atoms with E-state index in [1.807, 2.05) is 20.8 Å². The summed E-state index contributed by atoms with van der Waals surface area (Å²) in [6.45, 7) is 6.59. The molecule has 2 N–H and O–H groups in total. The summed E-state index contributed by atoms with van der Waals surface area (Å²) in [5, 5.41) is 0. The summed E-state index contributed by atoms with van der Waals surface area (Å²) in [4.78, 5) is 0.639. The lowest BCUT2D eigenvalue weighted by Crippen LogP contribution is -2.02. The van der Waals surface area contributed by atoms with Gasteiger partial charge in [-0.05, 0) is 44.5 Å². The number of nitrogen functional groups attached to an aromatic ring is 1. The van der Waals surface area contributed by atoms with Crippen molar-refractivity contribution in [2.24, 2.45) is 0 Å². The molecule has 0 spiro atoms. The van der Waals surface area contributed by atoms with Crippen molar-refractivity contribution in [3.05, 3.63) is 53.1 Å². The summed E-state index contributed by atoms with van der Waals surface area (Å²) in [5.74, 6) is 1.16. The summed E-state index contributed by atoms with van der Waals surface area (Å²) in [7, 11) is -1.18. The molecule has 112 valence electrons. The highest BCUT2D eigenvalue weighted by atomic mass is 32.2. The molecule has 0 saturated heterocycles. The Morgan fingerprint density at radius 3 is 2.38 bits per heavy atom. The summed E-state index contributed by atoms with van der Waals surface area (Å²) in [6, 6.07) is 11.6. The van der Waals surface area contributed by atoms with E-state index in [4.69, 9.17) is 10.5 Å². The number of hydrogen-bond donors (Lipinski definition) is 1. The zero-order chi connectivity index (χ0) is 15.4. The van der Waals surface area contributed by atoms with E-state index in [0.717, 1.165) is 5.56 Å². The van der Waals surface area contributed by atoms with Gasteiger partial charge >= 0.3 is 0 Å². The molecule has 21 heavy (non-hydrogen) atoms. The number of aryl methyl sites for hydroxylation is 2. The molecule has 0 aliphatic rings. The molecular formula is C17H21NO2S. The number of benzene rings is 2. The van der Waals surface area contributed by atoms with Gasteiger partial charge in [-0.3, -0.25) is 4.21 Å². The van der Waals surface area contributed by atoms with Gasteiger partial charge in [-0.2, -0.15) is 0 Å². The summed E-state index contributed by atoms with van der Waals surface area (Å²) in [6.07, 6.45) is 0. The van der Waals surface area contributed by atoms with E-state index >= 15 is 0 Å². The van der Waals surface area contributed by atoms with Crippen LogP contribution in [0.1, 0.15) is 23.6 Å². The van der Waals surface area contributed by atoms with Gasteiger partial charge in [0.2, 0.25) is 0 Å². The molecule has 4 heteroatoms. The second kappa shape index (κ2) is 6.76. The normalized spacial score (nSPS) is 12.1. The minimum absolute atomic E-state index is 0.461. The van der Waals surface area contributed by atoms with Gasteiger partial charge in [0, 0.05) is 5.69 Å². The van der Waals surface area contributed by atoms with E-state index in [0.29, 0.717) is 28.7 Å². The fourth-order valence-corrected chi connectivity index (χ4v) is 3.55. The van der Waals surface area contributed by atoms with Gasteiger partial charge in [0.1, 0.15) is 5.75 Å². The Morgan fingerprint density at radius 1 is 1.10 bits per heavy atom. The van der Waals surface area contributed by atoms with Crippen LogP contribution in [0.4, 0.5) is 5.69 Å². The highest BCUT2D eigenvalue weighted by Crippen LogP contribution is 2.25. The predicted molar refractivity (Wildman–Crippen MR) is 88.1 cm³/mol. The standard InChI is InChI=1S/C17H21NO2S/c1-4-20-15-5-6-16(18)17(10-15)21(19)11-14-8-12(2)7-13(3)9-14/h5-10H,4,11,18H2,1-3H3. The Morgan fingerprint density at radius 2 is 1.76 bits per heavy atom. The van der Waals surface area contributed by atoms with Crippen LogP contribution in [0.25, 0.3) is 0 Å². The van der Waals surface area contributed by atoms with Gasteiger partial charge in [0.15, 0.2) is 0 Å². The third kappa shape index (κ3) is 4.08. The molecule has 2 rings (SSSR count). The Hall–Kier alpha value is -1.81. The average molecular weight is 303 g/mol. The fraction of sp³-hybridized carbons (Fsp3) is 0.294. The van der Waals surface area contributed by atoms with E-state index in [-0.39, 0.29) is 0 Å². The average Bonchev–Trinajstić information content (AvgIpc) is 2.40. The smallest absolute Gasteiger partial charge is 0.120 e. The molecule has 0 fully saturated rings. The summed E-state index contributed by atoms with van der Waals surface area (Å²) < 4.78 is 18.0. The monoisotopic (exact) mass is 303 g/mol. The van der Waals surface area contributed by atoms with Crippen molar-refractivity contribution < 1.29 is 8.95 Å². The maximum Gasteiger partial charge on any atom is 0.120 e. The topological polar surface area (TPSA) is 52.3 Å². The molecule has 1 unspecified atom stereocenters. The minimum atomic E-state index is -1.18. The van der Waals surface area contributed by atoms with Crippen molar-refractivity contribution in [2.45, 2.75) is 31.4 Å². The van der Waals surface area contributed by atoms with E-state index in [9.17, 15) is 4.21 Å². The molecular weight excluding hydrogens is 282 g/mol. The largest absolute Gasteiger partial charge is 0.494 e. The first kappa shape index (κ1) is 15.6. The molecule has 0 aromatic heterocycles. The Bertz CT molecular complexity index is 648. The first-order valence-corrected chi connectivity index (χ1v) is 8.29. The molecule has 3 nitrogen and oxygen atoms in total. The zero-order valence-corrected chi connectivity index (χ0v) is 13.5. The van der Waals surface area contributed by atoms with Gasteiger partial charge in [-0.1, -0.05) is 29.3 Å². The van der Waals surface area contributed by atoms with E-state index in [1.165, 1.54) is 11.1 Å². The lowest BCUT2D eigenvalue weighted by atomic mass is 10.1. The van der Waals surface area contributed by atoms with Crippen molar-refractivity contribution in [1.29, 1.82) is 0 Å². The molecule has 0 radical (unpaired) electrons. The van der Waals surface area contributed by atoms with Gasteiger partial charge in [-0.25, -0.2) is 0 Å². The lowest BCUT2D eigenvalue weighted by molar-refractivity contribution is 0.339. The second-order valence-electron chi connectivity index (χ2n) is 5.12.